The van der Waals surface area contributed by atoms with E-state index in [1.165, 1.54) is 95.7 Å². The molecule has 0 atom stereocenters. The minimum Gasteiger partial charge on any atom is -0.417 e. The van der Waals surface area contributed by atoms with E-state index in [1.54, 1.807) is 18.2 Å². The van der Waals surface area contributed by atoms with Gasteiger partial charge in [0.25, 0.3) is 5.56 Å². The van der Waals surface area contributed by atoms with Crippen molar-refractivity contribution >= 4 is 11.7 Å². The summed E-state index contributed by atoms with van der Waals surface area (Å²) in [6.07, 6.45) is 20.6. The fourth-order valence-corrected chi connectivity index (χ4v) is 3.92. The zero-order valence-corrected chi connectivity index (χ0v) is 20.4. The number of benzene rings is 1. The first-order chi connectivity index (χ1) is 16.2. The molecule has 2 aromatic rings. The molecule has 0 amide bonds. The molecule has 0 saturated heterocycles. The molecule has 0 aliphatic rings. The van der Waals surface area contributed by atoms with Gasteiger partial charge in [-0.15, -0.1) is 0 Å². The lowest BCUT2D eigenvalue weighted by Crippen LogP contribution is -2.16. The van der Waals surface area contributed by atoms with E-state index in [-0.39, 0.29) is 5.75 Å². The minimum absolute atomic E-state index is 0.00232. The zero-order chi connectivity index (χ0) is 23.6. The number of hydrogen-bond donors (Lipinski definition) is 2. The highest BCUT2D eigenvalue weighted by atomic mass is 16.5. The van der Waals surface area contributed by atoms with Gasteiger partial charge in [0.05, 0.1) is 5.56 Å². The highest BCUT2D eigenvalue weighted by Crippen LogP contribution is 2.14. The lowest BCUT2D eigenvalue weighted by atomic mass is 10.0. The Hall–Kier alpha value is -2.56. The van der Waals surface area contributed by atoms with Crippen molar-refractivity contribution in [2.75, 3.05) is 11.9 Å². The van der Waals surface area contributed by atoms with E-state index >= 15 is 0 Å². The van der Waals surface area contributed by atoms with Crippen molar-refractivity contribution in [2.24, 2.45) is 0 Å². The standard InChI is InChI=1S/C28H42N2O3/c1-2-3-4-5-6-7-8-9-10-11-12-13-14-15-22-29-25-20-18-24(19-21-25)28(32)33-26-17-16-23-30-27(26)31/h16-21,23,29H,2-15,22H2,1H3,(H,30,31). The van der Waals surface area contributed by atoms with Crippen LogP contribution in [0, 0.1) is 0 Å². The van der Waals surface area contributed by atoms with Crippen molar-refractivity contribution in [1.29, 1.82) is 0 Å². The largest absolute Gasteiger partial charge is 0.417 e. The van der Waals surface area contributed by atoms with Gasteiger partial charge < -0.3 is 15.0 Å². The van der Waals surface area contributed by atoms with Crippen LogP contribution in [-0.4, -0.2) is 17.5 Å². The number of nitrogens with one attached hydrogen (secondary N) is 2. The lowest BCUT2D eigenvalue weighted by molar-refractivity contribution is 0.0732. The van der Waals surface area contributed by atoms with Crippen LogP contribution in [-0.2, 0) is 0 Å². The maximum absolute atomic E-state index is 12.2. The molecule has 33 heavy (non-hydrogen) atoms. The van der Waals surface area contributed by atoms with Gasteiger partial charge in [-0.25, -0.2) is 4.79 Å². The molecule has 0 spiro atoms. The summed E-state index contributed by atoms with van der Waals surface area (Å²) < 4.78 is 5.16. The maximum Gasteiger partial charge on any atom is 0.343 e. The third-order valence-corrected chi connectivity index (χ3v) is 5.96. The molecule has 2 N–H and O–H groups in total. The second-order valence-corrected chi connectivity index (χ2v) is 8.85. The third-order valence-electron chi connectivity index (χ3n) is 5.96. The number of carbonyl (C=O) groups excluding carboxylic acids is 1. The number of esters is 1. The molecule has 0 fully saturated rings. The fraction of sp³-hybridized carbons (Fsp3) is 0.571. The molecule has 1 aromatic heterocycles. The molecule has 0 bridgehead atoms. The minimum atomic E-state index is -0.537. The topological polar surface area (TPSA) is 71.2 Å². The molecule has 2 rings (SSSR count). The van der Waals surface area contributed by atoms with Gasteiger partial charge in [0.15, 0.2) is 5.75 Å². The second-order valence-electron chi connectivity index (χ2n) is 8.85. The van der Waals surface area contributed by atoms with Gasteiger partial charge in [-0.2, -0.15) is 0 Å². The number of hydrogen-bond acceptors (Lipinski definition) is 4. The summed E-state index contributed by atoms with van der Waals surface area (Å²) in [5.41, 5.74) is 0.983. The van der Waals surface area contributed by atoms with Crippen molar-refractivity contribution in [3.63, 3.8) is 0 Å². The van der Waals surface area contributed by atoms with Crippen molar-refractivity contribution in [2.45, 2.75) is 96.8 Å². The van der Waals surface area contributed by atoms with Crippen LogP contribution in [0.5, 0.6) is 5.75 Å². The van der Waals surface area contributed by atoms with Gasteiger partial charge in [-0.3, -0.25) is 4.79 Å². The fourth-order valence-electron chi connectivity index (χ4n) is 3.92. The third kappa shape index (κ3) is 11.7. The number of unbranched alkanes of at least 4 members (excludes halogenated alkanes) is 13. The Morgan fingerprint density at radius 1 is 0.788 bits per heavy atom. The first-order valence-corrected chi connectivity index (χ1v) is 12.9. The number of aromatic amines is 1. The second kappa shape index (κ2) is 17.0. The number of ether oxygens (including phenoxy) is 1. The molecule has 0 aliphatic heterocycles. The summed E-state index contributed by atoms with van der Waals surface area (Å²) in [7, 11) is 0. The Bertz CT molecular complexity index is 830. The Balaban J connectivity index is 1.46. The maximum atomic E-state index is 12.2. The van der Waals surface area contributed by atoms with E-state index in [9.17, 15) is 9.59 Å². The number of carbonyl (C=O) groups is 1. The van der Waals surface area contributed by atoms with Crippen LogP contribution in [0.15, 0.2) is 47.4 Å². The van der Waals surface area contributed by atoms with Gasteiger partial charge in [0.1, 0.15) is 0 Å². The molecule has 1 heterocycles. The first-order valence-electron chi connectivity index (χ1n) is 12.9. The summed E-state index contributed by atoms with van der Waals surface area (Å²) in [5, 5.41) is 3.41. The van der Waals surface area contributed by atoms with Gasteiger partial charge in [-0.1, -0.05) is 90.4 Å². The molecule has 5 nitrogen and oxygen atoms in total. The van der Waals surface area contributed by atoms with Crippen LogP contribution in [0.4, 0.5) is 5.69 Å². The van der Waals surface area contributed by atoms with Crippen LogP contribution >= 0.6 is 0 Å². The number of H-pyrrole nitrogens is 1. The Morgan fingerprint density at radius 3 is 1.88 bits per heavy atom. The first kappa shape index (κ1) is 26.7. The Labute approximate surface area is 199 Å². The van der Waals surface area contributed by atoms with Gasteiger partial charge in [-0.05, 0) is 42.8 Å². The highest BCUT2D eigenvalue weighted by molar-refractivity contribution is 5.91. The Kier molecular flexibility index (Phi) is 13.7. The quantitative estimate of drug-likeness (QED) is 0.181. The molecule has 0 radical (unpaired) electrons. The molecular formula is C28H42N2O3. The van der Waals surface area contributed by atoms with Crippen molar-refractivity contribution in [3.8, 4) is 5.75 Å². The summed E-state index contributed by atoms with van der Waals surface area (Å²) >= 11 is 0. The Morgan fingerprint density at radius 2 is 1.33 bits per heavy atom. The molecule has 1 aromatic carbocycles. The van der Waals surface area contributed by atoms with E-state index < -0.39 is 11.5 Å². The highest BCUT2D eigenvalue weighted by Gasteiger charge is 2.10. The zero-order valence-electron chi connectivity index (χ0n) is 20.4. The molecule has 0 saturated carbocycles. The predicted octanol–water partition coefficient (Wildman–Crippen LogP) is 7.49. The monoisotopic (exact) mass is 454 g/mol. The number of aromatic nitrogens is 1. The van der Waals surface area contributed by atoms with Crippen LogP contribution in [0.2, 0.25) is 0 Å². The van der Waals surface area contributed by atoms with Crippen LogP contribution < -0.4 is 15.6 Å². The van der Waals surface area contributed by atoms with E-state index in [2.05, 4.69) is 17.2 Å². The van der Waals surface area contributed by atoms with Crippen molar-refractivity contribution < 1.29 is 9.53 Å². The van der Waals surface area contributed by atoms with Crippen LogP contribution in [0.25, 0.3) is 0 Å². The molecule has 5 heteroatoms. The van der Waals surface area contributed by atoms with Gasteiger partial charge in [0.2, 0.25) is 0 Å². The SMILES string of the molecule is CCCCCCCCCCCCCCCCNc1ccc(C(=O)Oc2ccc[nH]c2=O)cc1. The van der Waals surface area contributed by atoms with Gasteiger partial charge >= 0.3 is 5.97 Å². The normalized spacial score (nSPS) is 10.8. The number of anilines is 1. The summed E-state index contributed by atoms with van der Waals surface area (Å²) in [4.78, 5) is 26.3. The van der Waals surface area contributed by atoms with Crippen molar-refractivity contribution in [1.82, 2.24) is 4.98 Å². The average molecular weight is 455 g/mol. The number of pyridine rings is 1. The van der Waals surface area contributed by atoms with E-state index in [0.29, 0.717) is 5.56 Å². The molecular weight excluding hydrogens is 412 g/mol. The average Bonchev–Trinajstić information content (AvgIpc) is 2.83. The summed E-state index contributed by atoms with van der Waals surface area (Å²) in [6.45, 7) is 3.21. The molecule has 0 unspecified atom stereocenters. The summed E-state index contributed by atoms with van der Waals surface area (Å²) in [6, 6.07) is 10.3. The van der Waals surface area contributed by atoms with Gasteiger partial charge in [0, 0.05) is 18.4 Å². The lowest BCUT2D eigenvalue weighted by Gasteiger charge is -2.08. The summed E-state index contributed by atoms with van der Waals surface area (Å²) in [5.74, 6) is -0.535. The number of rotatable bonds is 18. The van der Waals surface area contributed by atoms with E-state index in [1.807, 2.05) is 12.1 Å². The molecule has 182 valence electrons. The van der Waals surface area contributed by atoms with Crippen LogP contribution in [0.3, 0.4) is 0 Å². The van der Waals surface area contributed by atoms with Crippen LogP contribution in [0.1, 0.15) is 107 Å². The van der Waals surface area contributed by atoms with E-state index in [4.69, 9.17) is 4.74 Å². The molecule has 0 aliphatic carbocycles. The van der Waals surface area contributed by atoms with Crippen molar-refractivity contribution in [3.05, 3.63) is 58.5 Å². The smallest absolute Gasteiger partial charge is 0.343 e. The van der Waals surface area contributed by atoms with E-state index in [0.717, 1.165) is 18.7 Å². The predicted molar refractivity (Wildman–Crippen MR) is 137 cm³/mol.